The Bertz CT molecular complexity index is 634. The van der Waals surface area contributed by atoms with E-state index in [0.29, 0.717) is 38.3 Å². The fourth-order valence-electron chi connectivity index (χ4n) is 3.19. The second-order valence-electron chi connectivity index (χ2n) is 5.89. The maximum absolute atomic E-state index is 13.3. The monoisotopic (exact) mass is 346 g/mol. The molecule has 8 heteroatoms. The van der Waals surface area contributed by atoms with Gasteiger partial charge in [0.15, 0.2) is 0 Å². The van der Waals surface area contributed by atoms with Crippen LogP contribution >= 0.6 is 0 Å². The van der Waals surface area contributed by atoms with E-state index in [1.165, 1.54) is 4.31 Å². The van der Waals surface area contributed by atoms with Crippen molar-refractivity contribution in [3.8, 4) is 0 Å². The molecule has 0 N–H and O–H groups in total. The van der Waals surface area contributed by atoms with E-state index in [4.69, 9.17) is 4.74 Å². The topological polar surface area (TPSA) is 49.9 Å². The number of halogens is 2. The Hall–Kier alpha value is -1.09. The van der Waals surface area contributed by atoms with Crippen molar-refractivity contribution in [1.29, 1.82) is 0 Å². The van der Waals surface area contributed by atoms with Crippen LogP contribution < -0.4 is 0 Å². The molecule has 2 heterocycles. The molecule has 3 rings (SSSR count). The van der Waals surface area contributed by atoms with Crippen molar-refractivity contribution in [3.05, 3.63) is 29.8 Å². The molecule has 1 aromatic carbocycles. The summed E-state index contributed by atoms with van der Waals surface area (Å²) in [7, 11) is -3.86. The van der Waals surface area contributed by atoms with E-state index in [1.54, 1.807) is 0 Å². The quantitative estimate of drug-likeness (QED) is 0.831. The van der Waals surface area contributed by atoms with Gasteiger partial charge in [-0.15, -0.1) is 0 Å². The first-order valence-electron chi connectivity index (χ1n) is 7.75. The average molecular weight is 346 g/mol. The van der Waals surface area contributed by atoms with Crippen LogP contribution in [0.1, 0.15) is 12.8 Å². The predicted molar refractivity (Wildman–Crippen MR) is 80.5 cm³/mol. The zero-order chi connectivity index (χ0) is 16.4. The summed E-state index contributed by atoms with van der Waals surface area (Å²) in [4.78, 5) is 1.95. The molecule has 0 amide bonds. The Labute approximate surface area is 134 Å². The van der Waals surface area contributed by atoms with E-state index >= 15 is 0 Å². The zero-order valence-corrected chi connectivity index (χ0v) is 13.6. The molecule has 0 unspecified atom stereocenters. The molecule has 0 bridgehead atoms. The number of hydrogen-bond acceptors (Lipinski definition) is 4. The summed E-state index contributed by atoms with van der Waals surface area (Å²) >= 11 is 0. The summed E-state index contributed by atoms with van der Waals surface area (Å²) in [5.74, 6) is -1.77. The van der Waals surface area contributed by atoms with Crippen molar-refractivity contribution in [2.45, 2.75) is 23.8 Å². The van der Waals surface area contributed by atoms with Gasteiger partial charge in [-0.25, -0.2) is 17.2 Å². The van der Waals surface area contributed by atoms with Crippen molar-refractivity contribution >= 4 is 10.0 Å². The van der Waals surface area contributed by atoms with Gasteiger partial charge >= 0.3 is 0 Å². The number of hydrogen-bond donors (Lipinski definition) is 0. The van der Waals surface area contributed by atoms with Gasteiger partial charge in [-0.1, -0.05) is 0 Å². The first kappa shape index (κ1) is 16.8. The van der Waals surface area contributed by atoms with Gasteiger partial charge in [-0.3, -0.25) is 4.90 Å². The lowest BCUT2D eigenvalue weighted by molar-refractivity contribution is 0.0229. The van der Waals surface area contributed by atoms with Crippen LogP contribution in [0.3, 0.4) is 0 Å². The molecule has 23 heavy (non-hydrogen) atoms. The van der Waals surface area contributed by atoms with Gasteiger partial charge in [0.05, 0.1) is 4.90 Å². The standard InChI is InChI=1S/C15H20F2N2O3S/c16-12-9-13(17)11-15(10-12)23(20,21)19-5-3-18(4-6-19)14-1-7-22-8-2-14/h9-11,14H,1-8H2. The van der Waals surface area contributed by atoms with Crippen molar-refractivity contribution < 1.29 is 21.9 Å². The van der Waals surface area contributed by atoms with Crippen molar-refractivity contribution in [1.82, 2.24) is 9.21 Å². The number of rotatable bonds is 3. The molecular weight excluding hydrogens is 326 g/mol. The highest BCUT2D eigenvalue weighted by Gasteiger charge is 2.32. The maximum Gasteiger partial charge on any atom is 0.243 e. The molecular formula is C15H20F2N2O3S. The molecule has 0 spiro atoms. The van der Waals surface area contributed by atoms with Gasteiger partial charge in [-0.05, 0) is 25.0 Å². The second kappa shape index (κ2) is 6.80. The highest BCUT2D eigenvalue weighted by molar-refractivity contribution is 7.89. The van der Waals surface area contributed by atoms with E-state index in [9.17, 15) is 17.2 Å². The predicted octanol–water partition coefficient (Wildman–Crippen LogP) is 1.45. The lowest BCUT2D eigenvalue weighted by Gasteiger charge is -2.40. The first-order valence-corrected chi connectivity index (χ1v) is 9.19. The molecule has 2 saturated heterocycles. The maximum atomic E-state index is 13.3. The minimum Gasteiger partial charge on any atom is -0.381 e. The molecule has 1 aromatic rings. The molecule has 2 fully saturated rings. The summed E-state index contributed by atoms with van der Waals surface area (Å²) in [6.07, 6.45) is 1.92. The van der Waals surface area contributed by atoms with E-state index in [2.05, 4.69) is 4.90 Å². The third-order valence-corrected chi connectivity index (χ3v) is 6.33. The van der Waals surface area contributed by atoms with E-state index in [0.717, 1.165) is 38.2 Å². The highest BCUT2D eigenvalue weighted by Crippen LogP contribution is 2.22. The van der Waals surface area contributed by atoms with Crippen molar-refractivity contribution in [2.24, 2.45) is 0 Å². The number of benzene rings is 1. The average Bonchev–Trinajstić information content (AvgIpc) is 2.55. The number of ether oxygens (including phenoxy) is 1. The summed E-state index contributed by atoms with van der Waals surface area (Å²) in [5, 5.41) is 0. The Morgan fingerprint density at radius 2 is 1.52 bits per heavy atom. The third kappa shape index (κ3) is 3.71. The van der Waals surface area contributed by atoms with Crippen LogP contribution in [0, 0.1) is 11.6 Å². The fourth-order valence-corrected chi connectivity index (χ4v) is 4.65. The van der Waals surface area contributed by atoms with Crippen LogP contribution in [0.2, 0.25) is 0 Å². The molecule has 0 atom stereocenters. The minimum absolute atomic E-state index is 0.325. The Morgan fingerprint density at radius 3 is 2.09 bits per heavy atom. The third-order valence-electron chi connectivity index (χ3n) is 4.45. The molecule has 0 saturated carbocycles. The molecule has 2 aliphatic heterocycles. The lowest BCUT2D eigenvalue weighted by atomic mass is 10.1. The van der Waals surface area contributed by atoms with E-state index in [-0.39, 0.29) is 4.90 Å². The summed E-state index contributed by atoms with van der Waals surface area (Å²) in [6, 6.07) is 2.83. The summed E-state index contributed by atoms with van der Waals surface area (Å²) < 4.78 is 58.3. The highest BCUT2D eigenvalue weighted by atomic mass is 32.2. The molecule has 0 radical (unpaired) electrons. The number of nitrogens with zero attached hydrogens (tertiary/aromatic N) is 2. The van der Waals surface area contributed by atoms with Gasteiger partial charge in [0.1, 0.15) is 11.6 Å². The summed E-state index contributed by atoms with van der Waals surface area (Å²) in [6.45, 7) is 3.40. The van der Waals surface area contributed by atoms with E-state index < -0.39 is 21.7 Å². The lowest BCUT2D eigenvalue weighted by Crippen LogP contribution is -2.52. The van der Waals surface area contributed by atoms with Crippen LogP contribution in [0.25, 0.3) is 0 Å². The molecule has 5 nitrogen and oxygen atoms in total. The molecule has 0 aliphatic carbocycles. The van der Waals surface area contributed by atoms with Crippen LogP contribution in [0.4, 0.5) is 8.78 Å². The molecule has 128 valence electrons. The van der Waals surface area contributed by atoms with Crippen LogP contribution in [-0.4, -0.2) is 63.1 Å². The van der Waals surface area contributed by atoms with E-state index in [1.807, 2.05) is 0 Å². The Kier molecular flexibility index (Phi) is 4.96. The Morgan fingerprint density at radius 1 is 0.957 bits per heavy atom. The van der Waals surface area contributed by atoms with Crippen molar-refractivity contribution in [2.75, 3.05) is 39.4 Å². The van der Waals surface area contributed by atoms with Crippen LogP contribution in [-0.2, 0) is 14.8 Å². The number of piperazine rings is 1. The van der Waals surface area contributed by atoms with Gasteiger partial charge in [0.25, 0.3) is 0 Å². The number of sulfonamides is 1. The fraction of sp³-hybridized carbons (Fsp3) is 0.600. The van der Waals surface area contributed by atoms with Crippen molar-refractivity contribution in [3.63, 3.8) is 0 Å². The van der Waals surface area contributed by atoms with Gasteiger partial charge < -0.3 is 4.74 Å². The van der Waals surface area contributed by atoms with Gasteiger partial charge in [-0.2, -0.15) is 4.31 Å². The van der Waals surface area contributed by atoms with Crippen LogP contribution in [0.5, 0.6) is 0 Å². The van der Waals surface area contributed by atoms with Crippen LogP contribution in [0.15, 0.2) is 23.1 Å². The normalized spacial score (nSPS) is 22.3. The minimum atomic E-state index is -3.86. The zero-order valence-electron chi connectivity index (χ0n) is 12.7. The van der Waals surface area contributed by atoms with Gasteiger partial charge in [0.2, 0.25) is 10.0 Å². The molecule has 0 aromatic heterocycles. The van der Waals surface area contributed by atoms with Gasteiger partial charge in [0, 0.05) is 51.5 Å². The molecule has 2 aliphatic rings. The second-order valence-corrected chi connectivity index (χ2v) is 7.83. The Balaban J connectivity index is 1.68. The largest absolute Gasteiger partial charge is 0.381 e. The smallest absolute Gasteiger partial charge is 0.243 e. The SMILES string of the molecule is O=S(=O)(c1cc(F)cc(F)c1)N1CCN(C2CCOCC2)CC1. The summed E-state index contributed by atoms with van der Waals surface area (Å²) in [5.41, 5.74) is 0. The first-order chi connectivity index (χ1) is 11.0.